The van der Waals surface area contributed by atoms with Crippen molar-refractivity contribution in [2.45, 2.75) is 20.1 Å². The quantitative estimate of drug-likeness (QED) is 0.883. The van der Waals surface area contributed by atoms with Crippen LogP contribution < -0.4 is 10.5 Å². The zero-order chi connectivity index (χ0) is 12.3. The highest BCUT2D eigenvalue weighted by Crippen LogP contribution is 2.17. The number of halogens is 1. The van der Waals surface area contributed by atoms with E-state index in [0.717, 1.165) is 0 Å². The molecule has 2 rings (SSSR count). The molecule has 0 saturated carbocycles. The molecule has 5 heteroatoms. The Hall–Kier alpha value is -1.88. The van der Waals surface area contributed by atoms with Gasteiger partial charge in [-0.2, -0.15) is 0 Å². The Balaban J connectivity index is 1.99. The largest absolute Gasteiger partial charge is 0.485 e. The molecule has 1 aromatic carbocycles. The fraction of sp³-hybridized carbons (Fsp3) is 0.250. The van der Waals surface area contributed by atoms with Gasteiger partial charge in [0.25, 0.3) is 0 Å². The van der Waals surface area contributed by atoms with E-state index in [4.69, 9.17) is 15.0 Å². The summed E-state index contributed by atoms with van der Waals surface area (Å²) >= 11 is 0. The van der Waals surface area contributed by atoms with E-state index in [9.17, 15) is 4.39 Å². The lowest BCUT2D eigenvalue weighted by atomic mass is 10.2. The molecule has 2 N–H and O–H groups in total. The van der Waals surface area contributed by atoms with Gasteiger partial charge in [-0.15, -0.1) is 0 Å². The van der Waals surface area contributed by atoms with E-state index in [-0.39, 0.29) is 12.4 Å². The molecule has 0 fully saturated rings. The van der Waals surface area contributed by atoms with E-state index in [2.05, 4.69) is 5.16 Å². The third-order valence-electron chi connectivity index (χ3n) is 2.34. The fourth-order valence-electron chi connectivity index (χ4n) is 1.34. The molecule has 90 valence electrons. The van der Waals surface area contributed by atoms with Crippen LogP contribution in [-0.4, -0.2) is 5.16 Å². The monoisotopic (exact) mass is 236 g/mol. The standard InChI is InChI=1S/C12H13FN2O2/c1-8-2-3-10(5-12(8)13)16-7-11-4-9(6-14)15-17-11/h2-5H,6-7,14H2,1H3. The van der Waals surface area contributed by atoms with Crippen molar-refractivity contribution in [3.63, 3.8) is 0 Å². The van der Waals surface area contributed by atoms with Gasteiger partial charge in [-0.05, 0) is 18.6 Å². The SMILES string of the molecule is Cc1ccc(OCc2cc(CN)no2)cc1F. The van der Waals surface area contributed by atoms with Crippen LogP contribution >= 0.6 is 0 Å². The Labute approximate surface area is 98.2 Å². The van der Waals surface area contributed by atoms with Gasteiger partial charge < -0.3 is 15.0 Å². The van der Waals surface area contributed by atoms with Crippen LogP contribution in [0.15, 0.2) is 28.8 Å². The highest BCUT2D eigenvalue weighted by atomic mass is 19.1. The summed E-state index contributed by atoms with van der Waals surface area (Å²) in [6.07, 6.45) is 0. The van der Waals surface area contributed by atoms with E-state index in [1.807, 2.05) is 0 Å². The molecule has 0 amide bonds. The maximum absolute atomic E-state index is 13.2. The zero-order valence-electron chi connectivity index (χ0n) is 9.44. The predicted octanol–water partition coefficient (Wildman–Crippen LogP) is 2.16. The molecule has 0 unspecified atom stereocenters. The summed E-state index contributed by atoms with van der Waals surface area (Å²) in [6.45, 7) is 2.22. The number of nitrogens with zero attached hydrogens (tertiary/aromatic N) is 1. The van der Waals surface area contributed by atoms with Gasteiger partial charge >= 0.3 is 0 Å². The van der Waals surface area contributed by atoms with Crippen LogP contribution in [-0.2, 0) is 13.2 Å². The predicted molar refractivity (Wildman–Crippen MR) is 59.9 cm³/mol. The van der Waals surface area contributed by atoms with Crippen molar-refractivity contribution < 1.29 is 13.7 Å². The van der Waals surface area contributed by atoms with Crippen molar-refractivity contribution in [2.75, 3.05) is 0 Å². The highest BCUT2D eigenvalue weighted by molar-refractivity contribution is 5.28. The summed E-state index contributed by atoms with van der Waals surface area (Å²) in [7, 11) is 0. The third kappa shape index (κ3) is 2.82. The van der Waals surface area contributed by atoms with E-state index in [1.54, 1.807) is 25.1 Å². The molecule has 1 aromatic heterocycles. The number of ether oxygens (including phenoxy) is 1. The first-order valence-corrected chi connectivity index (χ1v) is 5.22. The third-order valence-corrected chi connectivity index (χ3v) is 2.34. The summed E-state index contributed by atoms with van der Waals surface area (Å²) < 4.78 is 23.6. The molecule has 1 heterocycles. The average molecular weight is 236 g/mol. The van der Waals surface area contributed by atoms with Gasteiger partial charge in [-0.1, -0.05) is 11.2 Å². The van der Waals surface area contributed by atoms with Gasteiger partial charge in [0.1, 0.15) is 18.2 Å². The maximum atomic E-state index is 13.2. The summed E-state index contributed by atoms with van der Waals surface area (Å²) in [5, 5.41) is 3.72. The Kier molecular flexibility index (Phi) is 3.39. The minimum atomic E-state index is -0.289. The summed E-state index contributed by atoms with van der Waals surface area (Å²) in [4.78, 5) is 0. The van der Waals surface area contributed by atoms with Crippen molar-refractivity contribution >= 4 is 0 Å². The molecule has 4 nitrogen and oxygen atoms in total. The lowest BCUT2D eigenvalue weighted by molar-refractivity contribution is 0.247. The first-order chi connectivity index (χ1) is 8.19. The smallest absolute Gasteiger partial charge is 0.174 e. The normalized spacial score (nSPS) is 10.5. The maximum Gasteiger partial charge on any atom is 0.174 e. The Morgan fingerprint density at radius 3 is 2.88 bits per heavy atom. The Morgan fingerprint density at radius 1 is 1.41 bits per heavy atom. The topological polar surface area (TPSA) is 61.3 Å². The van der Waals surface area contributed by atoms with Crippen molar-refractivity contribution in [3.05, 3.63) is 47.1 Å². The minimum Gasteiger partial charge on any atom is -0.485 e. The van der Waals surface area contributed by atoms with Gasteiger partial charge in [-0.25, -0.2) is 4.39 Å². The van der Waals surface area contributed by atoms with E-state index < -0.39 is 0 Å². The second-order valence-corrected chi connectivity index (χ2v) is 3.69. The number of aromatic nitrogens is 1. The molecule has 17 heavy (non-hydrogen) atoms. The highest BCUT2D eigenvalue weighted by Gasteiger charge is 2.05. The Morgan fingerprint density at radius 2 is 2.24 bits per heavy atom. The molecule has 0 saturated heterocycles. The summed E-state index contributed by atoms with van der Waals surface area (Å²) in [5.41, 5.74) is 6.65. The first kappa shape index (κ1) is 11.6. The van der Waals surface area contributed by atoms with Crippen LogP contribution in [0, 0.1) is 12.7 Å². The lowest BCUT2D eigenvalue weighted by Crippen LogP contribution is -1.96. The number of hydrogen-bond donors (Lipinski definition) is 1. The van der Waals surface area contributed by atoms with Crippen LogP contribution in [0.25, 0.3) is 0 Å². The number of hydrogen-bond acceptors (Lipinski definition) is 4. The molecular formula is C12H13FN2O2. The second-order valence-electron chi connectivity index (χ2n) is 3.69. The molecular weight excluding hydrogens is 223 g/mol. The number of nitrogens with two attached hydrogens (primary N) is 1. The molecule has 0 atom stereocenters. The molecule has 0 spiro atoms. The van der Waals surface area contributed by atoms with Crippen molar-refractivity contribution in [2.24, 2.45) is 5.73 Å². The second kappa shape index (κ2) is 4.97. The van der Waals surface area contributed by atoms with Gasteiger partial charge in [0.05, 0.1) is 5.69 Å². The van der Waals surface area contributed by atoms with Gasteiger partial charge in [-0.3, -0.25) is 0 Å². The van der Waals surface area contributed by atoms with Gasteiger partial charge in [0.2, 0.25) is 0 Å². The Bertz CT molecular complexity index is 511. The van der Waals surface area contributed by atoms with Crippen LogP contribution in [0.5, 0.6) is 5.75 Å². The van der Waals surface area contributed by atoms with Crippen molar-refractivity contribution in [1.82, 2.24) is 5.16 Å². The van der Waals surface area contributed by atoms with Crippen LogP contribution in [0.1, 0.15) is 17.0 Å². The molecule has 0 aliphatic carbocycles. The lowest BCUT2D eigenvalue weighted by Gasteiger charge is -2.04. The zero-order valence-corrected chi connectivity index (χ0v) is 9.44. The molecule has 2 aromatic rings. The van der Waals surface area contributed by atoms with E-state index >= 15 is 0 Å². The minimum absolute atomic E-state index is 0.204. The number of rotatable bonds is 4. The number of benzene rings is 1. The molecule has 0 radical (unpaired) electrons. The van der Waals surface area contributed by atoms with Crippen LogP contribution in [0.2, 0.25) is 0 Å². The molecule has 0 bridgehead atoms. The van der Waals surface area contributed by atoms with E-state index in [0.29, 0.717) is 29.3 Å². The van der Waals surface area contributed by atoms with Crippen molar-refractivity contribution in [3.8, 4) is 5.75 Å². The van der Waals surface area contributed by atoms with Gasteiger partial charge in [0, 0.05) is 18.7 Å². The average Bonchev–Trinajstić information content (AvgIpc) is 2.79. The molecule has 0 aliphatic heterocycles. The summed E-state index contributed by atoms with van der Waals surface area (Å²) in [5.74, 6) is 0.730. The number of aryl methyl sites for hydroxylation is 1. The van der Waals surface area contributed by atoms with Gasteiger partial charge in [0.15, 0.2) is 5.76 Å². The van der Waals surface area contributed by atoms with Crippen LogP contribution in [0.3, 0.4) is 0 Å². The molecule has 0 aliphatic rings. The summed E-state index contributed by atoms with van der Waals surface area (Å²) in [6, 6.07) is 6.43. The van der Waals surface area contributed by atoms with E-state index in [1.165, 1.54) is 6.07 Å². The van der Waals surface area contributed by atoms with Crippen molar-refractivity contribution in [1.29, 1.82) is 0 Å². The first-order valence-electron chi connectivity index (χ1n) is 5.22. The van der Waals surface area contributed by atoms with Crippen LogP contribution in [0.4, 0.5) is 4.39 Å². The fourth-order valence-corrected chi connectivity index (χ4v) is 1.34.